The highest BCUT2D eigenvalue weighted by Crippen LogP contribution is 2.26. The maximum absolute atomic E-state index is 11.5. The van der Waals surface area contributed by atoms with Gasteiger partial charge in [-0.15, -0.1) is 0 Å². The van der Waals surface area contributed by atoms with Crippen molar-refractivity contribution in [3.8, 4) is 0 Å². The highest BCUT2D eigenvalue weighted by molar-refractivity contribution is 7.91. The monoisotopic (exact) mass is 277 g/mol. The summed E-state index contributed by atoms with van der Waals surface area (Å²) in [7, 11) is -2.77. The number of benzene rings is 1. The molecule has 1 fully saturated rings. The van der Waals surface area contributed by atoms with Gasteiger partial charge in [0.1, 0.15) is 0 Å². The van der Waals surface area contributed by atoms with Crippen LogP contribution in [0.1, 0.15) is 18.4 Å². The largest absolute Gasteiger partial charge is 0.295 e. The van der Waals surface area contributed by atoms with Crippen LogP contribution in [-0.2, 0) is 9.84 Å². The van der Waals surface area contributed by atoms with Gasteiger partial charge in [0.25, 0.3) is 0 Å². The molecule has 0 radical (unpaired) electrons. The van der Waals surface area contributed by atoms with Crippen molar-refractivity contribution in [2.45, 2.75) is 18.9 Å². The van der Waals surface area contributed by atoms with Crippen LogP contribution in [0.25, 0.3) is 5.57 Å². The first-order valence-electron chi connectivity index (χ1n) is 6.83. The van der Waals surface area contributed by atoms with Crippen LogP contribution in [0.5, 0.6) is 0 Å². The van der Waals surface area contributed by atoms with Gasteiger partial charge >= 0.3 is 0 Å². The Labute approximate surface area is 114 Å². The van der Waals surface area contributed by atoms with Crippen LogP contribution in [0.2, 0.25) is 0 Å². The van der Waals surface area contributed by atoms with Gasteiger partial charge in [0.2, 0.25) is 0 Å². The van der Waals surface area contributed by atoms with Gasteiger partial charge in [0.05, 0.1) is 11.5 Å². The summed E-state index contributed by atoms with van der Waals surface area (Å²) in [6.45, 7) is 1.85. The molecule has 1 saturated heterocycles. The first-order valence-corrected chi connectivity index (χ1v) is 8.65. The first-order chi connectivity index (χ1) is 9.14. The summed E-state index contributed by atoms with van der Waals surface area (Å²) in [5.41, 5.74) is 2.68. The predicted molar refractivity (Wildman–Crippen MR) is 77.7 cm³/mol. The van der Waals surface area contributed by atoms with E-state index >= 15 is 0 Å². The Balaban J connectivity index is 1.68. The zero-order chi connectivity index (χ0) is 13.3. The Morgan fingerprint density at radius 1 is 1.16 bits per heavy atom. The Bertz CT molecular complexity index is 577. The number of sulfone groups is 1. The minimum absolute atomic E-state index is 0.235. The second-order valence-electron chi connectivity index (χ2n) is 5.40. The molecule has 0 bridgehead atoms. The van der Waals surface area contributed by atoms with Crippen LogP contribution >= 0.6 is 0 Å². The highest BCUT2D eigenvalue weighted by Gasteiger charge is 2.32. The normalized spacial score (nSPS) is 27.2. The van der Waals surface area contributed by atoms with E-state index in [2.05, 4.69) is 35.2 Å². The molecule has 1 aromatic rings. The van der Waals surface area contributed by atoms with Gasteiger partial charge in [-0.05, 0) is 24.0 Å². The van der Waals surface area contributed by atoms with Crippen molar-refractivity contribution in [2.24, 2.45) is 0 Å². The summed E-state index contributed by atoms with van der Waals surface area (Å²) in [4.78, 5) is 2.32. The van der Waals surface area contributed by atoms with Crippen LogP contribution in [0.3, 0.4) is 0 Å². The van der Waals surface area contributed by atoms with E-state index in [0.29, 0.717) is 11.5 Å². The van der Waals surface area contributed by atoms with Gasteiger partial charge in [-0.3, -0.25) is 4.90 Å². The van der Waals surface area contributed by atoms with Crippen molar-refractivity contribution in [3.05, 3.63) is 42.0 Å². The fourth-order valence-corrected chi connectivity index (χ4v) is 4.76. The molecule has 4 heteroatoms. The van der Waals surface area contributed by atoms with Crippen LogP contribution in [0.15, 0.2) is 36.4 Å². The van der Waals surface area contributed by atoms with Crippen LogP contribution < -0.4 is 0 Å². The van der Waals surface area contributed by atoms with E-state index in [0.717, 1.165) is 25.9 Å². The quantitative estimate of drug-likeness (QED) is 0.829. The summed E-state index contributed by atoms with van der Waals surface area (Å²) < 4.78 is 23.1. The zero-order valence-electron chi connectivity index (χ0n) is 11.0. The molecule has 2 aliphatic heterocycles. The molecule has 1 atom stereocenters. The molecule has 2 heterocycles. The summed E-state index contributed by atoms with van der Waals surface area (Å²) in [5.74, 6) is 0.713. The predicted octanol–water partition coefficient (Wildman–Crippen LogP) is 1.96. The van der Waals surface area contributed by atoms with Crippen LogP contribution in [-0.4, -0.2) is 44.0 Å². The lowest BCUT2D eigenvalue weighted by Crippen LogP contribution is -2.39. The van der Waals surface area contributed by atoms with Gasteiger partial charge in [-0.25, -0.2) is 8.42 Å². The molecule has 102 valence electrons. The van der Waals surface area contributed by atoms with Crippen LogP contribution in [0.4, 0.5) is 0 Å². The molecule has 0 aromatic heterocycles. The van der Waals surface area contributed by atoms with Crippen molar-refractivity contribution in [1.82, 2.24) is 4.90 Å². The molecule has 0 unspecified atom stereocenters. The Morgan fingerprint density at radius 3 is 2.53 bits per heavy atom. The molecule has 0 aliphatic carbocycles. The molecule has 0 spiro atoms. The Hall–Kier alpha value is -1.13. The molecular weight excluding hydrogens is 258 g/mol. The van der Waals surface area contributed by atoms with Crippen molar-refractivity contribution in [3.63, 3.8) is 0 Å². The summed E-state index contributed by atoms with van der Waals surface area (Å²) in [6, 6.07) is 10.7. The van der Waals surface area contributed by atoms with E-state index in [-0.39, 0.29) is 6.04 Å². The SMILES string of the molecule is O=S1(=O)CC[C@@H](N2CC=C(c3ccccc3)CC2)C1. The molecule has 0 N–H and O–H groups in total. The Morgan fingerprint density at radius 2 is 1.95 bits per heavy atom. The van der Waals surface area contributed by atoms with Gasteiger partial charge in [-0.2, -0.15) is 0 Å². The molecular formula is C15H19NO2S. The van der Waals surface area contributed by atoms with E-state index in [9.17, 15) is 8.42 Å². The molecule has 0 amide bonds. The first kappa shape index (κ1) is 12.9. The maximum atomic E-state index is 11.5. The number of hydrogen-bond donors (Lipinski definition) is 0. The number of rotatable bonds is 2. The number of hydrogen-bond acceptors (Lipinski definition) is 3. The van der Waals surface area contributed by atoms with Crippen molar-refractivity contribution >= 4 is 15.4 Å². The van der Waals surface area contributed by atoms with Gasteiger partial charge in [0, 0.05) is 19.1 Å². The van der Waals surface area contributed by atoms with Gasteiger partial charge in [-0.1, -0.05) is 36.4 Å². The zero-order valence-corrected chi connectivity index (χ0v) is 11.8. The smallest absolute Gasteiger partial charge is 0.151 e. The third-order valence-electron chi connectivity index (χ3n) is 4.11. The molecule has 3 rings (SSSR count). The fraction of sp³-hybridized carbons (Fsp3) is 0.467. The van der Waals surface area contributed by atoms with E-state index < -0.39 is 9.84 Å². The lowest BCUT2D eigenvalue weighted by Gasteiger charge is -2.31. The van der Waals surface area contributed by atoms with Gasteiger partial charge < -0.3 is 0 Å². The third kappa shape index (κ3) is 2.90. The average molecular weight is 277 g/mol. The molecule has 19 heavy (non-hydrogen) atoms. The molecule has 3 nitrogen and oxygen atoms in total. The van der Waals surface area contributed by atoms with Gasteiger partial charge in [0.15, 0.2) is 9.84 Å². The fourth-order valence-electron chi connectivity index (χ4n) is 2.99. The minimum atomic E-state index is -2.77. The summed E-state index contributed by atoms with van der Waals surface area (Å²) in [5, 5.41) is 0. The van der Waals surface area contributed by atoms with Crippen molar-refractivity contribution in [1.29, 1.82) is 0 Å². The van der Waals surface area contributed by atoms with E-state index in [1.165, 1.54) is 11.1 Å². The van der Waals surface area contributed by atoms with E-state index in [4.69, 9.17) is 0 Å². The minimum Gasteiger partial charge on any atom is -0.295 e. The van der Waals surface area contributed by atoms with Crippen LogP contribution in [0, 0.1) is 0 Å². The standard InChI is InChI=1S/C15H19NO2S/c17-19(18)11-8-15(12-19)16-9-6-14(7-10-16)13-4-2-1-3-5-13/h1-6,15H,7-12H2/t15-/m1/s1. The molecule has 2 aliphatic rings. The van der Waals surface area contributed by atoms with E-state index in [1.54, 1.807) is 0 Å². The lowest BCUT2D eigenvalue weighted by molar-refractivity contribution is 0.234. The topological polar surface area (TPSA) is 37.4 Å². The average Bonchev–Trinajstić information content (AvgIpc) is 2.80. The highest BCUT2D eigenvalue weighted by atomic mass is 32.2. The second kappa shape index (κ2) is 5.10. The summed E-state index contributed by atoms with van der Waals surface area (Å²) in [6.07, 6.45) is 4.07. The lowest BCUT2D eigenvalue weighted by atomic mass is 9.98. The number of nitrogens with zero attached hydrogens (tertiary/aromatic N) is 1. The molecule has 1 aromatic carbocycles. The Kier molecular flexibility index (Phi) is 3.46. The van der Waals surface area contributed by atoms with E-state index in [1.807, 2.05) is 6.07 Å². The maximum Gasteiger partial charge on any atom is 0.151 e. The van der Waals surface area contributed by atoms with Crippen molar-refractivity contribution < 1.29 is 8.42 Å². The summed E-state index contributed by atoms with van der Waals surface area (Å²) >= 11 is 0. The third-order valence-corrected chi connectivity index (χ3v) is 5.86. The second-order valence-corrected chi connectivity index (χ2v) is 7.63. The molecule has 0 saturated carbocycles. The van der Waals surface area contributed by atoms with Crippen molar-refractivity contribution in [2.75, 3.05) is 24.6 Å².